The van der Waals surface area contributed by atoms with E-state index in [1.165, 1.54) is 0 Å². The van der Waals surface area contributed by atoms with Crippen molar-refractivity contribution in [2.24, 2.45) is 0 Å². The number of imide groups is 1. The number of hydrogen-bond donors (Lipinski definition) is 0. The minimum absolute atomic E-state index is 0.0292. The van der Waals surface area contributed by atoms with E-state index in [0.29, 0.717) is 11.3 Å². The van der Waals surface area contributed by atoms with Gasteiger partial charge in [-0.3, -0.25) is 9.59 Å². The number of aryl methyl sites for hydroxylation is 2. The van der Waals surface area contributed by atoms with E-state index in [2.05, 4.69) is 6.92 Å². The fourth-order valence-corrected chi connectivity index (χ4v) is 2.86. The normalized spacial score (nSPS) is 14.8. The van der Waals surface area contributed by atoms with Crippen molar-refractivity contribution in [2.45, 2.75) is 20.3 Å². The summed E-state index contributed by atoms with van der Waals surface area (Å²) in [7, 11) is 0. The van der Waals surface area contributed by atoms with Crippen molar-refractivity contribution in [1.82, 2.24) is 0 Å². The number of halogens is 1. The third-order valence-corrected chi connectivity index (χ3v) is 4.32. The molecule has 2 aromatic rings. The van der Waals surface area contributed by atoms with Crippen LogP contribution in [0.4, 0.5) is 5.69 Å². The van der Waals surface area contributed by atoms with Crippen LogP contribution in [0.25, 0.3) is 5.57 Å². The average Bonchev–Trinajstić information content (AvgIpc) is 2.78. The molecule has 0 aliphatic carbocycles. The highest BCUT2D eigenvalue weighted by molar-refractivity contribution is 6.60. The summed E-state index contributed by atoms with van der Waals surface area (Å²) in [5.41, 5.74) is 3.68. The highest BCUT2D eigenvalue weighted by Gasteiger charge is 2.39. The molecule has 0 radical (unpaired) electrons. The Morgan fingerprint density at radius 1 is 0.913 bits per heavy atom. The van der Waals surface area contributed by atoms with Gasteiger partial charge < -0.3 is 0 Å². The molecule has 0 atom stereocenters. The van der Waals surface area contributed by atoms with Gasteiger partial charge in [0.15, 0.2) is 0 Å². The zero-order valence-electron chi connectivity index (χ0n) is 13.0. The summed E-state index contributed by atoms with van der Waals surface area (Å²) in [6, 6.07) is 14.8. The average molecular weight is 326 g/mol. The van der Waals surface area contributed by atoms with Crippen LogP contribution in [0.1, 0.15) is 23.6 Å². The first-order valence-electron chi connectivity index (χ1n) is 7.47. The van der Waals surface area contributed by atoms with Crippen LogP contribution in [-0.2, 0) is 16.0 Å². The van der Waals surface area contributed by atoms with Crippen LogP contribution in [0.3, 0.4) is 0 Å². The molecule has 1 aliphatic rings. The lowest BCUT2D eigenvalue weighted by atomic mass is 10.0. The Morgan fingerprint density at radius 3 is 2.09 bits per heavy atom. The zero-order chi connectivity index (χ0) is 16.6. The van der Waals surface area contributed by atoms with Crippen LogP contribution in [-0.4, -0.2) is 11.8 Å². The molecule has 2 aromatic carbocycles. The van der Waals surface area contributed by atoms with Gasteiger partial charge in [-0.05, 0) is 36.6 Å². The molecule has 23 heavy (non-hydrogen) atoms. The Labute approximate surface area is 140 Å². The van der Waals surface area contributed by atoms with Crippen molar-refractivity contribution in [3.8, 4) is 0 Å². The summed E-state index contributed by atoms with van der Waals surface area (Å²) >= 11 is 6.17. The molecule has 0 saturated heterocycles. The summed E-state index contributed by atoms with van der Waals surface area (Å²) < 4.78 is 0. The summed E-state index contributed by atoms with van der Waals surface area (Å²) in [6.07, 6.45) is 0.899. The second kappa shape index (κ2) is 6.01. The second-order valence-electron chi connectivity index (χ2n) is 5.52. The molecule has 0 fully saturated rings. The van der Waals surface area contributed by atoms with Crippen LogP contribution in [0.5, 0.6) is 0 Å². The van der Waals surface area contributed by atoms with E-state index < -0.39 is 5.91 Å². The topological polar surface area (TPSA) is 37.4 Å². The smallest absolute Gasteiger partial charge is 0.268 e. The van der Waals surface area contributed by atoms with Crippen LogP contribution >= 0.6 is 11.6 Å². The molecule has 116 valence electrons. The molecule has 0 N–H and O–H groups in total. The first-order chi connectivity index (χ1) is 11.0. The maximum atomic E-state index is 12.7. The number of hydrogen-bond acceptors (Lipinski definition) is 2. The summed E-state index contributed by atoms with van der Waals surface area (Å²) in [5.74, 6) is -0.857. The molecule has 0 bridgehead atoms. The molecule has 0 unspecified atom stereocenters. The predicted octanol–water partition coefficient (Wildman–Crippen LogP) is 4.08. The number of nitrogens with zero attached hydrogens (tertiary/aromatic N) is 1. The van der Waals surface area contributed by atoms with E-state index in [4.69, 9.17) is 11.6 Å². The molecule has 1 heterocycles. The summed E-state index contributed by atoms with van der Waals surface area (Å²) in [6.45, 7) is 4.01. The van der Waals surface area contributed by atoms with Gasteiger partial charge in [0, 0.05) is 0 Å². The third-order valence-electron chi connectivity index (χ3n) is 3.97. The fourth-order valence-electron chi connectivity index (χ4n) is 2.59. The lowest BCUT2D eigenvalue weighted by Crippen LogP contribution is -2.31. The van der Waals surface area contributed by atoms with Gasteiger partial charge in [0.25, 0.3) is 11.8 Å². The standard InChI is InChI=1S/C19H16ClNO2/c1-3-13-6-10-15(11-7-13)21-18(22)16(17(20)19(21)23)14-8-4-12(2)5-9-14/h4-11H,3H2,1-2H3. The maximum absolute atomic E-state index is 12.7. The lowest BCUT2D eigenvalue weighted by Gasteiger charge is -2.15. The first-order valence-corrected chi connectivity index (χ1v) is 7.85. The Morgan fingerprint density at radius 2 is 1.52 bits per heavy atom. The summed E-state index contributed by atoms with van der Waals surface area (Å²) in [4.78, 5) is 26.3. The number of amides is 2. The summed E-state index contributed by atoms with van der Waals surface area (Å²) in [5, 5.41) is -0.0292. The predicted molar refractivity (Wildman–Crippen MR) is 92.3 cm³/mol. The number of rotatable bonds is 3. The van der Waals surface area contributed by atoms with Gasteiger partial charge in [0.05, 0.1) is 11.3 Å². The largest absolute Gasteiger partial charge is 0.277 e. The molecular weight excluding hydrogens is 310 g/mol. The van der Waals surface area contributed by atoms with Gasteiger partial charge in [-0.1, -0.05) is 60.5 Å². The van der Waals surface area contributed by atoms with Crippen molar-refractivity contribution in [1.29, 1.82) is 0 Å². The number of anilines is 1. The van der Waals surface area contributed by atoms with Gasteiger partial charge in [-0.15, -0.1) is 0 Å². The quantitative estimate of drug-likeness (QED) is 0.797. The van der Waals surface area contributed by atoms with Crippen LogP contribution in [0, 0.1) is 6.92 Å². The van der Waals surface area contributed by atoms with Crippen molar-refractivity contribution in [2.75, 3.05) is 4.90 Å². The highest BCUT2D eigenvalue weighted by atomic mass is 35.5. The highest BCUT2D eigenvalue weighted by Crippen LogP contribution is 2.34. The van der Waals surface area contributed by atoms with Crippen molar-refractivity contribution in [3.05, 3.63) is 70.3 Å². The first kappa shape index (κ1) is 15.5. The van der Waals surface area contributed by atoms with Crippen LogP contribution in [0.15, 0.2) is 53.6 Å². The molecular formula is C19H16ClNO2. The maximum Gasteiger partial charge on any atom is 0.277 e. The minimum Gasteiger partial charge on any atom is -0.268 e. The van der Waals surface area contributed by atoms with Crippen LogP contribution < -0.4 is 4.90 Å². The Bertz CT molecular complexity index is 804. The van der Waals surface area contributed by atoms with Gasteiger partial charge in [0.1, 0.15) is 5.03 Å². The lowest BCUT2D eigenvalue weighted by molar-refractivity contribution is -0.119. The molecule has 3 rings (SSSR count). The number of carbonyl (C=O) groups excluding carboxylic acids is 2. The van der Waals surface area contributed by atoms with E-state index in [1.54, 1.807) is 12.1 Å². The molecule has 3 nitrogen and oxygen atoms in total. The van der Waals surface area contributed by atoms with Gasteiger partial charge in [-0.2, -0.15) is 0 Å². The van der Waals surface area contributed by atoms with Crippen molar-refractivity contribution < 1.29 is 9.59 Å². The fraction of sp³-hybridized carbons (Fsp3) is 0.158. The zero-order valence-corrected chi connectivity index (χ0v) is 13.7. The van der Waals surface area contributed by atoms with E-state index in [-0.39, 0.29) is 16.5 Å². The molecule has 0 saturated carbocycles. The van der Waals surface area contributed by atoms with Gasteiger partial charge in [0.2, 0.25) is 0 Å². The third kappa shape index (κ3) is 2.68. The Balaban J connectivity index is 1.99. The van der Waals surface area contributed by atoms with E-state index >= 15 is 0 Å². The van der Waals surface area contributed by atoms with Crippen molar-refractivity contribution in [3.63, 3.8) is 0 Å². The van der Waals surface area contributed by atoms with Crippen LogP contribution in [0.2, 0.25) is 0 Å². The monoisotopic (exact) mass is 325 g/mol. The van der Waals surface area contributed by atoms with E-state index in [9.17, 15) is 9.59 Å². The molecule has 4 heteroatoms. The Kier molecular flexibility index (Phi) is 4.05. The molecule has 0 aromatic heterocycles. The SMILES string of the molecule is CCc1ccc(N2C(=O)C(Cl)=C(c3ccc(C)cc3)C2=O)cc1. The molecule has 2 amide bonds. The van der Waals surface area contributed by atoms with E-state index in [0.717, 1.165) is 22.4 Å². The van der Waals surface area contributed by atoms with Gasteiger partial charge >= 0.3 is 0 Å². The number of benzene rings is 2. The molecule has 1 aliphatic heterocycles. The number of carbonyl (C=O) groups is 2. The van der Waals surface area contributed by atoms with Gasteiger partial charge in [-0.25, -0.2) is 4.90 Å². The Hall–Kier alpha value is -2.39. The van der Waals surface area contributed by atoms with Crippen molar-refractivity contribution >= 4 is 34.7 Å². The molecule has 0 spiro atoms. The minimum atomic E-state index is -0.475. The van der Waals surface area contributed by atoms with E-state index in [1.807, 2.05) is 43.3 Å². The second-order valence-corrected chi connectivity index (χ2v) is 5.90.